The predicted molar refractivity (Wildman–Crippen MR) is 95.6 cm³/mol. The molecule has 24 heavy (non-hydrogen) atoms. The van der Waals surface area contributed by atoms with Crippen molar-refractivity contribution in [3.05, 3.63) is 58.1 Å². The van der Waals surface area contributed by atoms with Crippen LogP contribution in [0.15, 0.2) is 46.9 Å². The largest absolute Gasteiger partial charge is 0.497 e. The normalized spacial score (nSPS) is 11.7. The van der Waals surface area contributed by atoms with E-state index in [0.29, 0.717) is 27.1 Å². The van der Waals surface area contributed by atoms with Crippen LogP contribution in [0.25, 0.3) is 0 Å². The second-order valence-electron chi connectivity index (χ2n) is 5.33. The Morgan fingerprint density at radius 3 is 2.58 bits per heavy atom. The fourth-order valence-corrected chi connectivity index (χ4v) is 2.86. The molecule has 6 heteroatoms. The molecule has 128 valence electrons. The standard InChI is InChI=1S/C18H20BrNO4/c1-20(11-16(21)12-5-4-6-14(9-12)23-2)18(22)13-7-8-17(24-3)15(19)10-13/h4-10,16,21H,11H2,1-3H3. The van der Waals surface area contributed by atoms with Crippen LogP contribution in [0.2, 0.25) is 0 Å². The minimum absolute atomic E-state index is 0.176. The third-order valence-electron chi connectivity index (χ3n) is 3.67. The first-order chi connectivity index (χ1) is 11.5. The molecule has 0 aliphatic carbocycles. The van der Waals surface area contributed by atoms with Gasteiger partial charge >= 0.3 is 0 Å². The monoisotopic (exact) mass is 393 g/mol. The number of aliphatic hydroxyl groups excluding tert-OH is 1. The van der Waals surface area contributed by atoms with Gasteiger partial charge in [0, 0.05) is 12.6 Å². The van der Waals surface area contributed by atoms with E-state index >= 15 is 0 Å². The average molecular weight is 394 g/mol. The molecule has 0 radical (unpaired) electrons. The Morgan fingerprint density at radius 1 is 1.21 bits per heavy atom. The van der Waals surface area contributed by atoms with Crippen molar-refractivity contribution < 1.29 is 19.4 Å². The summed E-state index contributed by atoms with van der Waals surface area (Å²) in [6, 6.07) is 12.3. The number of halogens is 1. The zero-order chi connectivity index (χ0) is 17.7. The lowest BCUT2D eigenvalue weighted by Gasteiger charge is -2.21. The Bertz CT molecular complexity index is 720. The van der Waals surface area contributed by atoms with Gasteiger partial charge in [-0.1, -0.05) is 12.1 Å². The maximum absolute atomic E-state index is 12.5. The lowest BCUT2D eigenvalue weighted by molar-refractivity contribution is 0.0680. The number of amides is 1. The van der Waals surface area contributed by atoms with E-state index in [9.17, 15) is 9.90 Å². The third-order valence-corrected chi connectivity index (χ3v) is 4.29. The van der Waals surface area contributed by atoms with Gasteiger partial charge < -0.3 is 19.5 Å². The Kier molecular flexibility index (Phi) is 6.23. The van der Waals surface area contributed by atoms with Gasteiger partial charge in [-0.3, -0.25) is 4.79 Å². The molecule has 2 aromatic carbocycles. The zero-order valence-corrected chi connectivity index (χ0v) is 15.4. The second kappa shape index (κ2) is 8.17. The van der Waals surface area contributed by atoms with Crippen LogP contribution in [-0.4, -0.2) is 43.7 Å². The summed E-state index contributed by atoms with van der Waals surface area (Å²) in [7, 11) is 4.80. The smallest absolute Gasteiger partial charge is 0.253 e. The summed E-state index contributed by atoms with van der Waals surface area (Å²) < 4.78 is 11.0. The Morgan fingerprint density at radius 2 is 1.96 bits per heavy atom. The number of rotatable bonds is 6. The highest BCUT2D eigenvalue weighted by molar-refractivity contribution is 9.10. The van der Waals surface area contributed by atoms with Gasteiger partial charge in [-0.05, 0) is 51.8 Å². The van der Waals surface area contributed by atoms with Crippen LogP contribution in [-0.2, 0) is 0 Å². The highest BCUT2D eigenvalue weighted by Gasteiger charge is 2.18. The van der Waals surface area contributed by atoms with Crippen molar-refractivity contribution in [3.8, 4) is 11.5 Å². The minimum Gasteiger partial charge on any atom is -0.497 e. The van der Waals surface area contributed by atoms with E-state index in [-0.39, 0.29) is 12.5 Å². The number of aliphatic hydroxyl groups is 1. The van der Waals surface area contributed by atoms with Gasteiger partial charge in [0.2, 0.25) is 0 Å². The fourth-order valence-electron chi connectivity index (χ4n) is 2.32. The van der Waals surface area contributed by atoms with Crippen LogP contribution in [0.5, 0.6) is 11.5 Å². The number of likely N-dealkylation sites (N-methyl/N-ethyl adjacent to an activating group) is 1. The molecule has 0 bridgehead atoms. The van der Waals surface area contributed by atoms with E-state index in [0.717, 1.165) is 0 Å². The van der Waals surface area contributed by atoms with Crippen molar-refractivity contribution in [2.75, 3.05) is 27.8 Å². The molecule has 0 fully saturated rings. The number of hydrogen-bond acceptors (Lipinski definition) is 4. The van der Waals surface area contributed by atoms with Crippen LogP contribution in [0.1, 0.15) is 22.0 Å². The number of carbonyl (C=O) groups excluding carboxylic acids is 1. The molecule has 1 amide bonds. The molecule has 1 atom stereocenters. The molecule has 0 spiro atoms. The summed E-state index contributed by atoms with van der Waals surface area (Å²) in [6.07, 6.45) is -0.796. The highest BCUT2D eigenvalue weighted by atomic mass is 79.9. The summed E-state index contributed by atoms with van der Waals surface area (Å²) in [5.74, 6) is 1.14. The van der Waals surface area contributed by atoms with E-state index in [2.05, 4.69) is 15.9 Å². The first-order valence-electron chi connectivity index (χ1n) is 7.37. The maximum atomic E-state index is 12.5. The van der Waals surface area contributed by atoms with E-state index < -0.39 is 6.10 Å². The molecular weight excluding hydrogens is 374 g/mol. The lowest BCUT2D eigenvalue weighted by Crippen LogP contribution is -2.31. The first-order valence-corrected chi connectivity index (χ1v) is 8.16. The van der Waals surface area contributed by atoms with Crippen LogP contribution in [0.4, 0.5) is 0 Å². The number of benzene rings is 2. The molecule has 0 aliphatic heterocycles. The van der Waals surface area contributed by atoms with Crippen molar-refractivity contribution in [2.45, 2.75) is 6.10 Å². The van der Waals surface area contributed by atoms with Crippen LogP contribution < -0.4 is 9.47 Å². The molecule has 1 unspecified atom stereocenters. The molecular formula is C18H20BrNO4. The SMILES string of the molecule is COc1cccc(C(O)CN(C)C(=O)c2ccc(OC)c(Br)c2)c1. The van der Waals surface area contributed by atoms with Crippen LogP contribution >= 0.6 is 15.9 Å². The number of nitrogens with zero attached hydrogens (tertiary/aromatic N) is 1. The average Bonchev–Trinajstić information content (AvgIpc) is 2.60. The van der Waals surface area contributed by atoms with E-state index in [1.54, 1.807) is 63.7 Å². The van der Waals surface area contributed by atoms with Gasteiger partial charge in [0.25, 0.3) is 5.91 Å². The second-order valence-corrected chi connectivity index (χ2v) is 6.18. The van der Waals surface area contributed by atoms with Crippen molar-refractivity contribution in [2.24, 2.45) is 0 Å². The number of methoxy groups -OCH3 is 2. The van der Waals surface area contributed by atoms with Crippen molar-refractivity contribution in [1.29, 1.82) is 0 Å². The number of ether oxygens (including phenoxy) is 2. The first kappa shape index (κ1) is 18.3. The van der Waals surface area contributed by atoms with Gasteiger partial charge in [0.1, 0.15) is 11.5 Å². The molecule has 1 N–H and O–H groups in total. The van der Waals surface area contributed by atoms with Gasteiger partial charge in [0.05, 0.1) is 31.3 Å². The van der Waals surface area contributed by atoms with Crippen LogP contribution in [0.3, 0.4) is 0 Å². The van der Waals surface area contributed by atoms with Crippen molar-refractivity contribution in [3.63, 3.8) is 0 Å². The Labute approximate surface area is 149 Å². The third kappa shape index (κ3) is 4.27. The molecule has 0 aliphatic rings. The van der Waals surface area contributed by atoms with E-state index in [1.807, 2.05) is 0 Å². The quantitative estimate of drug-likeness (QED) is 0.817. The van der Waals surface area contributed by atoms with Gasteiger partial charge in [-0.15, -0.1) is 0 Å². The Balaban J connectivity index is 2.09. The number of hydrogen-bond donors (Lipinski definition) is 1. The fraction of sp³-hybridized carbons (Fsp3) is 0.278. The predicted octanol–water partition coefficient (Wildman–Crippen LogP) is 3.27. The van der Waals surface area contributed by atoms with E-state index in [4.69, 9.17) is 9.47 Å². The molecule has 5 nitrogen and oxygen atoms in total. The molecule has 0 aromatic heterocycles. The molecule has 0 saturated heterocycles. The topological polar surface area (TPSA) is 59.0 Å². The van der Waals surface area contributed by atoms with Crippen LogP contribution in [0, 0.1) is 0 Å². The van der Waals surface area contributed by atoms with Gasteiger partial charge in [0.15, 0.2) is 0 Å². The summed E-state index contributed by atoms with van der Waals surface area (Å²) >= 11 is 3.37. The highest BCUT2D eigenvalue weighted by Crippen LogP contribution is 2.26. The summed E-state index contributed by atoms with van der Waals surface area (Å²) in [5.41, 5.74) is 1.22. The summed E-state index contributed by atoms with van der Waals surface area (Å²) in [4.78, 5) is 14.0. The summed E-state index contributed by atoms with van der Waals surface area (Å²) in [5, 5.41) is 10.4. The molecule has 0 heterocycles. The zero-order valence-electron chi connectivity index (χ0n) is 13.8. The molecule has 2 aromatic rings. The van der Waals surface area contributed by atoms with Gasteiger partial charge in [-0.2, -0.15) is 0 Å². The minimum atomic E-state index is -0.796. The lowest BCUT2D eigenvalue weighted by atomic mass is 10.1. The van der Waals surface area contributed by atoms with Crippen molar-refractivity contribution in [1.82, 2.24) is 4.90 Å². The maximum Gasteiger partial charge on any atom is 0.253 e. The Hall–Kier alpha value is -2.05. The van der Waals surface area contributed by atoms with Gasteiger partial charge in [-0.25, -0.2) is 0 Å². The number of carbonyl (C=O) groups is 1. The van der Waals surface area contributed by atoms with E-state index in [1.165, 1.54) is 4.90 Å². The summed E-state index contributed by atoms with van der Waals surface area (Å²) in [6.45, 7) is 0.176. The molecule has 2 rings (SSSR count). The van der Waals surface area contributed by atoms with Crippen molar-refractivity contribution >= 4 is 21.8 Å². The molecule has 0 saturated carbocycles.